The first-order valence-electron chi connectivity index (χ1n) is 4.07. The van der Waals surface area contributed by atoms with E-state index in [1.807, 2.05) is 18.2 Å². The minimum absolute atomic E-state index is 0. The molecule has 2 atom stereocenters. The second-order valence-electron chi connectivity index (χ2n) is 2.96. The van der Waals surface area contributed by atoms with E-state index in [0.717, 1.165) is 5.56 Å². The Kier molecular flexibility index (Phi) is 5.12. The fourth-order valence-corrected chi connectivity index (χ4v) is 1.08. The van der Waals surface area contributed by atoms with Crippen LogP contribution in [0.3, 0.4) is 0 Å². The molecule has 14 heavy (non-hydrogen) atoms. The van der Waals surface area contributed by atoms with E-state index in [0.29, 0.717) is 0 Å². The topological polar surface area (TPSA) is 69.2 Å². The molecule has 0 aromatic heterocycles. The van der Waals surface area contributed by atoms with Gasteiger partial charge in [-0.1, -0.05) is 30.3 Å². The summed E-state index contributed by atoms with van der Waals surface area (Å²) in [4.78, 5) is 10.1. The lowest BCUT2D eigenvalue weighted by Gasteiger charge is -2.12. The zero-order valence-electron chi connectivity index (χ0n) is 7.79. The molecule has 0 aliphatic heterocycles. The highest BCUT2D eigenvalue weighted by Crippen LogP contribution is 2.14. The number of nitro groups is 1. The van der Waals surface area contributed by atoms with Gasteiger partial charge in [0.25, 0.3) is 0 Å². The van der Waals surface area contributed by atoms with Crippen molar-refractivity contribution in [1.29, 1.82) is 0 Å². The molecule has 0 amide bonds. The minimum Gasteiger partial charge on any atom is -0.318 e. The molecule has 1 aromatic rings. The van der Waals surface area contributed by atoms with Crippen LogP contribution in [0.5, 0.6) is 0 Å². The molecule has 0 heterocycles. The van der Waals surface area contributed by atoms with Crippen LogP contribution >= 0.6 is 12.4 Å². The van der Waals surface area contributed by atoms with E-state index in [-0.39, 0.29) is 17.3 Å². The van der Waals surface area contributed by atoms with Crippen molar-refractivity contribution in [2.75, 3.05) is 0 Å². The molecule has 4 nitrogen and oxygen atoms in total. The second-order valence-corrected chi connectivity index (χ2v) is 2.96. The average molecular weight is 217 g/mol. The predicted octanol–water partition coefficient (Wildman–Crippen LogP) is 1.77. The Balaban J connectivity index is 0.00000169. The van der Waals surface area contributed by atoms with Gasteiger partial charge in [0.2, 0.25) is 6.04 Å². The maximum atomic E-state index is 10.4. The summed E-state index contributed by atoms with van der Waals surface area (Å²) in [5, 5.41) is 10.4. The van der Waals surface area contributed by atoms with Crippen LogP contribution in [0.25, 0.3) is 0 Å². The first kappa shape index (κ1) is 12.9. The van der Waals surface area contributed by atoms with Gasteiger partial charge < -0.3 is 5.73 Å². The molecular formula is C9H13ClN2O2. The van der Waals surface area contributed by atoms with Gasteiger partial charge in [-0.3, -0.25) is 10.1 Å². The van der Waals surface area contributed by atoms with Gasteiger partial charge in [0.05, 0.1) is 6.04 Å². The lowest BCUT2D eigenvalue weighted by Crippen LogP contribution is -2.30. The molecule has 0 radical (unpaired) electrons. The van der Waals surface area contributed by atoms with Crippen molar-refractivity contribution < 1.29 is 4.92 Å². The molecule has 2 unspecified atom stereocenters. The monoisotopic (exact) mass is 216 g/mol. The largest absolute Gasteiger partial charge is 0.318 e. The molecular weight excluding hydrogens is 204 g/mol. The van der Waals surface area contributed by atoms with E-state index in [1.54, 1.807) is 12.1 Å². The molecule has 0 aliphatic carbocycles. The summed E-state index contributed by atoms with van der Waals surface area (Å²) in [7, 11) is 0. The maximum absolute atomic E-state index is 10.4. The van der Waals surface area contributed by atoms with Crippen molar-refractivity contribution >= 4 is 12.4 Å². The van der Waals surface area contributed by atoms with Gasteiger partial charge in [-0.15, -0.1) is 12.4 Å². The minimum atomic E-state index is -0.748. The Morgan fingerprint density at radius 3 is 2.29 bits per heavy atom. The second kappa shape index (κ2) is 5.57. The highest BCUT2D eigenvalue weighted by molar-refractivity contribution is 5.85. The lowest BCUT2D eigenvalue weighted by molar-refractivity contribution is -0.522. The van der Waals surface area contributed by atoms with E-state index < -0.39 is 12.1 Å². The molecule has 0 bridgehead atoms. The van der Waals surface area contributed by atoms with Crippen LogP contribution in [0, 0.1) is 10.1 Å². The third-order valence-corrected chi connectivity index (χ3v) is 2.04. The fourth-order valence-electron chi connectivity index (χ4n) is 1.08. The summed E-state index contributed by atoms with van der Waals surface area (Å²) in [5.74, 6) is 0. The normalized spacial score (nSPS) is 13.9. The Labute approximate surface area is 88.7 Å². The summed E-state index contributed by atoms with van der Waals surface area (Å²) in [6, 6.07) is 7.81. The summed E-state index contributed by atoms with van der Waals surface area (Å²) >= 11 is 0. The Hall–Kier alpha value is -1.13. The van der Waals surface area contributed by atoms with E-state index in [9.17, 15) is 10.1 Å². The maximum Gasteiger partial charge on any atom is 0.229 e. The van der Waals surface area contributed by atoms with Gasteiger partial charge in [-0.2, -0.15) is 0 Å². The molecule has 78 valence electrons. The van der Waals surface area contributed by atoms with Crippen molar-refractivity contribution in [3.05, 3.63) is 46.0 Å². The smallest absolute Gasteiger partial charge is 0.229 e. The molecule has 2 N–H and O–H groups in total. The average Bonchev–Trinajstić information content (AvgIpc) is 2.17. The third kappa shape index (κ3) is 2.97. The highest BCUT2D eigenvalue weighted by atomic mass is 35.5. The van der Waals surface area contributed by atoms with Crippen molar-refractivity contribution in [3.63, 3.8) is 0 Å². The lowest BCUT2D eigenvalue weighted by atomic mass is 10.0. The SMILES string of the molecule is CC(C(N)c1ccccc1)[N+](=O)[O-].Cl. The van der Waals surface area contributed by atoms with Crippen molar-refractivity contribution in [3.8, 4) is 0 Å². The third-order valence-electron chi connectivity index (χ3n) is 2.04. The molecule has 5 heteroatoms. The van der Waals surface area contributed by atoms with Crippen LogP contribution < -0.4 is 5.73 Å². The number of hydrogen-bond donors (Lipinski definition) is 1. The summed E-state index contributed by atoms with van der Waals surface area (Å²) < 4.78 is 0. The standard InChI is InChI=1S/C9H12N2O2.ClH/c1-7(11(12)13)9(10)8-5-3-2-4-6-8;/h2-7,9H,10H2,1H3;1H. The first-order valence-corrected chi connectivity index (χ1v) is 4.07. The van der Waals surface area contributed by atoms with Crippen LogP contribution in [0.2, 0.25) is 0 Å². The molecule has 0 aliphatic rings. The molecule has 1 rings (SSSR count). The highest BCUT2D eigenvalue weighted by Gasteiger charge is 2.23. The molecule has 0 saturated heterocycles. The van der Waals surface area contributed by atoms with Gasteiger partial charge in [0, 0.05) is 11.8 Å². The number of halogens is 1. The quantitative estimate of drug-likeness (QED) is 0.619. The number of nitrogens with two attached hydrogens (primary N) is 1. The Morgan fingerprint density at radius 1 is 1.36 bits per heavy atom. The zero-order valence-corrected chi connectivity index (χ0v) is 8.61. The Morgan fingerprint density at radius 2 is 1.86 bits per heavy atom. The zero-order chi connectivity index (χ0) is 9.84. The first-order chi connectivity index (χ1) is 6.13. The predicted molar refractivity (Wildman–Crippen MR) is 57.1 cm³/mol. The molecule has 0 spiro atoms. The molecule has 1 aromatic carbocycles. The van der Waals surface area contributed by atoms with Gasteiger partial charge in [0.15, 0.2) is 0 Å². The van der Waals surface area contributed by atoms with Gasteiger partial charge in [0.1, 0.15) is 0 Å². The van der Waals surface area contributed by atoms with Crippen LogP contribution in [0.4, 0.5) is 0 Å². The van der Waals surface area contributed by atoms with Crippen LogP contribution in [-0.4, -0.2) is 11.0 Å². The van der Waals surface area contributed by atoms with Crippen molar-refractivity contribution in [2.45, 2.75) is 19.0 Å². The number of hydrogen-bond acceptors (Lipinski definition) is 3. The molecule has 0 saturated carbocycles. The molecule has 0 fully saturated rings. The fraction of sp³-hybridized carbons (Fsp3) is 0.333. The van der Waals surface area contributed by atoms with Crippen molar-refractivity contribution in [2.24, 2.45) is 5.73 Å². The van der Waals surface area contributed by atoms with Gasteiger partial charge in [-0.25, -0.2) is 0 Å². The van der Waals surface area contributed by atoms with E-state index in [1.165, 1.54) is 6.92 Å². The number of rotatable bonds is 3. The summed E-state index contributed by atoms with van der Waals surface area (Å²) in [6.45, 7) is 1.51. The van der Waals surface area contributed by atoms with Crippen LogP contribution in [-0.2, 0) is 0 Å². The van der Waals surface area contributed by atoms with Crippen LogP contribution in [0.1, 0.15) is 18.5 Å². The van der Waals surface area contributed by atoms with Crippen LogP contribution in [0.15, 0.2) is 30.3 Å². The van der Waals surface area contributed by atoms with E-state index in [2.05, 4.69) is 0 Å². The van der Waals surface area contributed by atoms with Crippen molar-refractivity contribution in [1.82, 2.24) is 0 Å². The summed E-state index contributed by atoms with van der Waals surface area (Å²) in [5.41, 5.74) is 6.50. The van der Waals surface area contributed by atoms with Gasteiger partial charge >= 0.3 is 0 Å². The van der Waals surface area contributed by atoms with Gasteiger partial charge in [-0.05, 0) is 5.56 Å². The Bertz CT molecular complexity index is 292. The summed E-state index contributed by atoms with van der Waals surface area (Å²) in [6.07, 6.45) is 0. The van der Waals surface area contributed by atoms with E-state index in [4.69, 9.17) is 5.73 Å². The number of benzene rings is 1. The van der Waals surface area contributed by atoms with E-state index >= 15 is 0 Å². The number of nitrogens with zero attached hydrogens (tertiary/aromatic N) is 1.